The van der Waals surface area contributed by atoms with Crippen LogP contribution in [0, 0.1) is 5.82 Å². The van der Waals surface area contributed by atoms with Crippen LogP contribution in [0.2, 0.25) is 0 Å². The summed E-state index contributed by atoms with van der Waals surface area (Å²) in [5, 5.41) is 6.26. The van der Waals surface area contributed by atoms with Gasteiger partial charge in [0.2, 0.25) is 0 Å². The third-order valence-corrected chi connectivity index (χ3v) is 3.47. The van der Waals surface area contributed by atoms with Crippen molar-refractivity contribution in [1.82, 2.24) is 10.6 Å². The van der Waals surface area contributed by atoms with Gasteiger partial charge in [0.25, 0.3) is 0 Å². The number of carbonyl (C=O) groups is 1. The largest absolute Gasteiger partial charge is 0.444 e. The fourth-order valence-corrected chi connectivity index (χ4v) is 2.56. The number of hydrogen-bond donors (Lipinski definition) is 2. The molecule has 0 aromatic heterocycles. The van der Waals surface area contributed by atoms with Crippen LogP contribution in [0.4, 0.5) is 9.18 Å². The van der Waals surface area contributed by atoms with E-state index in [9.17, 15) is 9.18 Å². The van der Waals surface area contributed by atoms with Crippen molar-refractivity contribution in [3.05, 3.63) is 35.6 Å². The number of amides is 1. The molecule has 1 amide bonds. The van der Waals surface area contributed by atoms with Crippen LogP contribution in [-0.4, -0.2) is 30.3 Å². The zero-order valence-corrected chi connectivity index (χ0v) is 12.8. The molecule has 1 aromatic rings. The molecule has 2 rings (SSSR count). The van der Waals surface area contributed by atoms with Crippen molar-refractivity contribution >= 4 is 6.09 Å². The fraction of sp³-hybridized carbons (Fsp3) is 0.562. The Kier molecular flexibility index (Phi) is 4.52. The maximum absolute atomic E-state index is 13.0. The second-order valence-electron chi connectivity index (χ2n) is 6.64. The van der Waals surface area contributed by atoms with Gasteiger partial charge >= 0.3 is 6.09 Å². The van der Waals surface area contributed by atoms with E-state index in [1.54, 1.807) is 12.1 Å². The first-order valence-corrected chi connectivity index (χ1v) is 7.24. The minimum atomic E-state index is -0.521. The molecule has 0 aliphatic carbocycles. The number of ether oxygens (including phenoxy) is 1. The first-order valence-electron chi connectivity index (χ1n) is 7.24. The van der Waals surface area contributed by atoms with Crippen LogP contribution in [0.5, 0.6) is 0 Å². The summed E-state index contributed by atoms with van der Waals surface area (Å²) in [5.41, 5.74) is 0.101. The van der Waals surface area contributed by atoms with E-state index in [4.69, 9.17) is 4.74 Å². The van der Waals surface area contributed by atoms with Gasteiger partial charge in [-0.1, -0.05) is 12.1 Å². The molecule has 1 aromatic carbocycles. The van der Waals surface area contributed by atoms with Crippen LogP contribution < -0.4 is 10.6 Å². The summed E-state index contributed by atoms with van der Waals surface area (Å²) in [6.45, 7) is 7.05. The van der Waals surface area contributed by atoms with Gasteiger partial charge in [0.1, 0.15) is 11.4 Å². The van der Waals surface area contributed by atoms with E-state index in [-0.39, 0.29) is 11.4 Å². The predicted molar refractivity (Wildman–Crippen MR) is 79.7 cm³/mol. The molecule has 1 heterocycles. The Morgan fingerprint density at radius 2 is 2.05 bits per heavy atom. The van der Waals surface area contributed by atoms with Gasteiger partial charge in [-0.15, -0.1) is 0 Å². The summed E-state index contributed by atoms with van der Waals surface area (Å²) >= 11 is 0. The van der Waals surface area contributed by atoms with E-state index in [1.165, 1.54) is 12.1 Å². The highest BCUT2D eigenvalue weighted by atomic mass is 19.1. The molecular formula is C16H23FN2O2. The standard InChI is InChI=1S/C16H23FN2O2/c1-15(2,3)21-14(20)19-16(8-9-18-11-16)10-12-4-6-13(17)7-5-12/h4-7,18H,8-11H2,1-3H3,(H,19,20). The van der Waals surface area contributed by atoms with Gasteiger partial charge in [-0.3, -0.25) is 0 Å². The normalized spacial score (nSPS) is 22.1. The fourth-order valence-electron chi connectivity index (χ4n) is 2.56. The van der Waals surface area contributed by atoms with Crippen LogP contribution in [0.1, 0.15) is 32.8 Å². The van der Waals surface area contributed by atoms with Crippen LogP contribution >= 0.6 is 0 Å². The number of carbonyl (C=O) groups excluding carboxylic acids is 1. The zero-order valence-electron chi connectivity index (χ0n) is 12.8. The van der Waals surface area contributed by atoms with Gasteiger partial charge in [-0.2, -0.15) is 0 Å². The molecule has 1 fully saturated rings. The number of benzene rings is 1. The van der Waals surface area contributed by atoms with E-state index in [2.05, 4.69) is 10.6 Å². The molecule has 1 unspecified atom stereocenters. The monoisotopic (exact) mass is 294 g/mol. The highest BCUT2D eigenvalue weighted by Crippen LogP contribution is 2.22. The van der Waals surface area contributed by atoms with E-state index < -0.39 is 11.7 Å². The lowest BCUT2D eigenvalue weighted by molar-refractivity contribution is 0.0463. The molecule has 0 spiro atoms. The predicted octanol–water partition coefficient (Wildman–Crippen LogP) is 2.63. The molecule has 5 heteroatoms. The van der Waals surface area contributed by atoms with Gasteiger partial charge in [-0.25, -0.2) is 9.18 Å². The van der Waals surface area contributed by atoms with Crippen LogP contribution in [0.15, 0.2) is 24.3 Å². The molecule has 1 saturated heterocycles. The zero-order chi connectivity index (χ0) is 15.5. The molecule has 1 aliphatic heterocycles. The molecule has 2 N–H and O–H groups in total. The van der Waals surface area contributed by atoms with Crippen molar-refractivity contribution in [3.63, 3.8) is 0 Å². The van der Waals surface area contributed by atoms with Gasteiger partial charge < -0.3 is 15.4 Å². The number of hydrogen-bond acceptors (Lipinski definition) is 3. The first kappa shape index (κ1) is 15.8. The Morgan fingerprint density at radius 1 is 1.38 bits per heavy atom. The second-order valence-corrected chi connectivity index (χ2v) is 6.64. The lowest BCUT2D eigenvalue weighted by atomic mass is 9.90. The van der Waals surface area contributed by atoms with Crippen LogP contribution in [0.25, 0.3) is 0 Å². The Balaban J connectivity index is 2.06. The van der Waals surface area contributed by atoms with Crippen molar-refractivity contribution in [1.29, 1.82) is 0 Å². The van der Waals surface area contributed by atoms with E-state index in [0.717, 1.165) is 18.5 Å². The molecule has 1 atom stereocenters. The van der Waals surface area contributed by atoms with Crippen molar-refractivity contribution in [3.8, 4) is 0 Å². The Labute approximate surface area is 125 Å². The maximum Gasteiger partial charge on any atom is 0.408 e. The molecule has 116 valence electrons. The summed E-state index contributed by atoms with van der Waals surface area (Å²) in [7, 11) is 0. The third-order valence-electron chi connectivity index (χ3n) is 3.47. The smallest absolute Gasteiger partial charge is 0.408 e. The molecule has 1 aliphatic rings. The van der Waals surface area contributed by atoms with E-state index in [0.29, 0.717) is 13.0 Å². The molecule has 0 radical (unpaired) electrons. The minimum absolute atomic E-state index is 0.252. The summed E-state index contributed by atoms with van der Waals surface area (Å²) in [4.78, 5) is 12.0. The van der Waals surface area contributed by atoms with Gasteiger partial charge in [0.15, 0.2) is 0 Å². The quantitative estimate of drug-likeness (QED) is 0.901. The topological polar surface area (TPSA) is 50.4 Å². The highest BCUT2D eigenvalue weighted by Gasteiger charge is 2.36. The average Bonchev–Trinajstić information content (AvgIpc) is 2.78. The van der Waals surface area contributed by atoms with E-state index in [1.807, 2.05) is 20.8 Å². The average molecular weight is 294 g/mol. The van der Waals surface area contributed by atoms with Crippen molar-refractivity contribution < 1.29 is 13.9 Å². The second kappa shape index (κ2) is 6.02. The molecule has 0 saturated carbocycles. The summed E-state index contributed by atoms with van der Waals surface area (Å²) in [6.07, 6.45) is 1.07. The van der Waals surface area contributed by atoms with Crippen LogP contribution in [0.3, 0.4) is 0 Å². The number of nitrogens with one attached hydrogen (secondary N) is 2. The molecule has 21 heavy (non-hydrogen) atoms. The van der Waals surface area contributed by atoms with Crippen molar-refractivity contribution in [2.75, 3.05) is 13.1 Å². The van der Waals surface area contributed by atoms with Gasteiger partial charge in [0, 0.05) is 6.54 Å². The van der Waals surface area contributed by atoms with Crippen molar-refractivity contribution in [2.24, 2.45) is 0 Å². The lowest BCUT2D eigenvalue weighted by Gasteiger charge is -2.31. The molecular weight excluding hydrogens is 271 g/mol. The number of rotatable bonds is 3. The third kappa shape index (κ3) is 4.70. The maximum atomic E-state index is 13.0. The summed E-state index contributed by atoms with van der Waals surface area (Å²) in [6, 6.07) is 6.40. The summed E-state index contributed by atoms with van der Waals surface area (Å²) in [5.74, 6) is -0.252. The van der Waals surface area contributed by atoms with Crippen LogP contribution in [-0.2, 0) is 11.2 Å². The summed E-state index contributed by atoms with van der Waals surface area (Å²) < 4.78 is 18.3. The Bertz CT molecular complexity index is 488. The van der Waals surface area contributed by atoms with Gasteiger partial charge in [0.05, 0.1) is 5.54 Å². The van der Waals surface area contributed by atoms with E-state index >= 15 is 0 Å². The lowest BCUT2D eigenvalue weighted by Crippen LogP contribution is -2.53. The SMILES string of the molecule is CC(C)(C)OC(=O)NC1(Cc2ccc(F)cc2)CCNC1. The number of halogens is 1. The first-order chi connectivity index (χ1) is 9.78. The molecule has 4 nitrogen and oxygen atoms in total. The Morgan fingerprint density at radius 3 is 2.57 bits per heavy atom. The van der Waals surface area contributed by atoms with Gasteiger partial charge in [-0.05, 0) is 57.9 Å². The van der Waals surface area contributed by atoms with Crippen molar-refractivity contribution in [2.45, 2.75) is 44.8 Å². The Hall–Kier alpha value is -1.62. The highest BCUT2D eigenvalue weighted by molar-refractivity contribution is 5.69. The number of alkyl carbamates (subject to hydrolysis) is 1. The minimum Gasteiger partial charge on any atom is -0.444 e. The molecule has 0 bridgehead atoms.